The molecule has 2 amide bonds. The largest absolute Gasteiger partial charge is 0.497 e. The second-order valence-electron chi connectivity index (χ2n) is 7.89. The van der Waals surface area contributed by atoms with Crippen molar-refractivity contribution in [1.82, 2.24) is 0 Å². The molecule has 0 aliphatic rings. The molecule has 6 nitrogen and oxygen atoms in total. The Kier molecular flexibility index (Phi) is 7.57. The molecule has 1 atom stereocenters. The fourth-order valence-electron chi connectivity index (χ4n) is 3.53. The first kappa shape index (κ1) is 24.2. The van der Waals surface area contributed by atoms with Gasteiger partial charge in [-0.2, -0.15) is 0 Å². The third kappa shape index (κ3) is 6.13. The summed E-state index contributed by atoms with van der Waals surface area (Å²) in [6.07, 6.45) is 0. The summed E-state index contributed by atoms with van der Waals surface area (Å²) < 4.78 is 10.5. The van der Waals surface area contributed by atoms with Gasteiger partial charge in [0, 0.05) is 40.0 Å². The maximum absolute atomic E-state index is 12.7. The number of rotatable bonds is 8. The number of ether oxygens (including phenoxy) is 2. The highest BCUT2D eigenvalue weighted by Crippen LogP contribution is 2.29. The molecule has 0 aliphatic carbocycles. The minimum absolute atomic E-state index is 0.140. The normalized spacial score (nSPS) is 11.5. The number of carbonyl (C=O) groups excluding carboxylic acids is 2. The van der Waals surface area contributed by atoms with Gasteiger partial charge in [-0.05, 0) is 54.1 Å². The molecular weight excluding hydrogens is 460 g/mol. The van der Waals surface area contributed by atoms with Crippen LogP contribution in [0.3, 0.4) is 0 Å². The van der Waals surface area contributed by atoms with Crippen molar-refractivity contribution >= 4 is 45.7 Å². The van der Waals surface area contributed by atoms with Gasteiger partial charge in [0.15, 0.2) is 0 Å². The molecule has 178 valence electrons. The van der Waals surface area contributed by atoms with Crippen molar-refractivity contribution in [2.45, 2.75) is 17.1 Å². The first-order valence-corrected chi connectivity index (χ1v) is 11.9. The summed E-state index contributed by atoms with van der Waals surface area (Å²) in [5.74, 6) is 0.888. The van der Waals surface area contributed by atoms with E-state index in [1.165, 1.54) is 11.8 Å². The lowest BCUT2D eigenvalue weighted by Crippen LogP contribution is -2.22. The fraction of sp³-hybridized carbons (Fsp3) is 0.143. The number of amides is 2. The highest BCUT2D eigenvalue weighted by atomic mass is 32.2. The molecule has 4 aromatic rings. The first-order valence-electron chi connectivity index (χ1n) is 11.1. The number of fused-ring (bicyclic) bond motifs is 1. The summed E-state index contributed by atoms with van der Waals surface area (Å²) in [5.41, 5.74) is 1.89. The molecule has 0 saturated heterocycles. The number of hydrogen-bond donors (Lipinski definition) is 2. The van der Waals surface area contributed by atoms with E-state index in [1.807, 2.05) is 73.7 Å². The molecular formula is C28H26N2O4S. The topological polar surface area (TPSA) is 76.7 Å². The lowest BCUT2D eigenvalue weighted by Gasteiger charge is -2.14. The van der Waals surface area contributed by atoms with Crippen molar-refractivity contribution in [3.63, 3.8) is 0 Å². The van der Waals surface area contributed by atoms with Crippen LogP contribution in [0, 0.1) is 0 Å². The van der Waals surface area contributed by atoms with Crippen LogP contribution in [-0.4, -0.2) is 31.3 Å². The second kappa shape index (κ2) is 11.0. The predicted molar refractivity (Wildman–Crippen MR) is 142 cm³/mol. The molecule has 0 fully saturated rings. The maximum atomic E-state index is 12.7. The van der Waals surface area contributed by atoms with Crippen molar-refractivity contribution in [1.29, 1.82) is 0 Å². The van der Waals surface area contributed by atoms with E-state index >= 15 is 0 Å². The summed E-state index contributed by atoms with van der Waals surface area (Å²) in [6.45, 7) is 1.84. The molecule has 0 bridgehead atoms. The number of anilines is 2. The average Bonchev–Trinajstić information content (AvgIpc) is 2.89. The molecule has 0 aromatic heterocycles. The smallest absolute Gasteiger partial charge is 0.255 e. The number of carbonyl (C=O) groups is 2. The summed E-state index contributed by atoms with van der Waals surface area (Å²) >= 11 is 1.43. The maximum Gasteiger partial charge on any atom is 0.255 e. The number of methoxy groups -OCH3 is 2. The van der Waals surface area contributed by atoms with Gasteiger partial charge in [0.2, 0.25) is 5.91 Å². The van der Waals surface area contributed by atoms with Crippen molar-refractivity contribution in [2.75, 3.05) is 24.9 Å². The Bertz CT molecular complexity index is 1330. The third-order valence-corrected chi connectivity index (χ3v) is 6.54. The Morgan fingerprint density at radius 1 is 0.743 bits per heavy atom. The number of thioether (sulfide) groups is 1. The SMILES string of the molecule is COc1cc(NC(=O)C(C)Sc2ccc(NC(=O)c3ccc4ccccc4c3)cc2)cc(OC)c1. The summed E-state index contributed by atoms with van der Waals surface area (Å²) in [5, 5.41) is 7.60. The molecule has 0 aliphatic heterocycles. The van der Waals surface area contributed by atoms with Gasteiger partial charge >= 0.3 is 0 Å². The van der Waals surface area contributed by atoms with Crippen molar-refractivity contribution in [3.8, 4) is 11.5 Å². The van der Waals surface area contributed by atoms with E-state index in [0.717, 1.165) is 15.7 Å². The fourth-order valence-corrected chi connectivity index (χ4v) is 4.40. The lowest BCUT2D eigenvalue weighted by atomic mass is 10.1. The van der Waals surface area contributed by atoms with Crippen LogP contribution in [-0.2, 0) is 4.79 Å². The van der Waals surface area contributed by atoms with Crippen LogP contribution in [0.4, 0.5) is 11.4 Å². The minimum Gasteiger partial charge on any atom is -0.497 e. The van der Waals surface area contributed by atoms with Crippen molar-refractivity contribution in [3.05, 3.63) is 90.5 Å². The Balaban J connectivity index is 1.36. The molecule has 0 radical (unpaired) electrons. The zero-order valence-electron chi connectivity index (χ0n) is 19.7. The van der Waals surface area contributed by atoms with Gasteiger partial charge in [-0.15, -0.1) is 11.8 Å². The number of hydrogen-bond acceptors (Lipinski definition) is 5. The zero-order valence-corrected chi connectivity index (χ0v) is 20.5. The van der Waals surface area contributed by atoms with E-state index < -0.39 is 0 Å². The quantitative estimate of drug-likeness (QED) is 0.289. The lowest BCUT2D eigenvalue weighted by molar-refractivity contribution is -0.115. The minimum atomic E-state index is -0.342. The van der Waals surface area contributed by atoms with E-state index in [4.69, 9.17) is 9.47 Å². The van der Waals surface area contributed by atoms with E-state index in [1.54, 1.807) is 32.4 Å². The van der Waals surface area contributed by atoms with Crippen LogP contribution in [0.5, 0.6) is 11.5 Å². The zero-order chi connectivity index (χ0) is 24.8. The van der Waals surface area contributed by atoms with Crippen LogP contribution in [0.1, 0.15) is 17.3 Å². The molecule has 1 unspecified atom stereocenters. The molecule has 7 heteroatoms. The van der Waals surface area contributed by atoms with Gasteiger partial charge in [0.05, 0.1) is 19.5 Å². The van der Waals surface area contributed by atoms with Gasteiger partial charge in [-0.1, -0.05) is 30.3 Å². The average molecular weight is 487 g/mol. The Morgan fingerprint density at radius 2 is 1.40 bits per heavy atom. The highest BCUT2D eigenvalue weighted by molar-refractivity contribution is 8.00. The Hall–Kier alpha value is -3.97. The first-order chi connectivity index (χ1) is 16.9. The van der Waals surface area contributed by atoms with Gasteiger partial charge in [0.25, 0.3) is 5.91 Å². The van der Waals surface area contributed by atoms with Crippen molar-refractivity contribution < 1.29 is 19.1 Å². The van der Waals surface area contributed by atoms with Gasteiger partial charge in [-0.3, -0.25) is 9.59 Å². The third-order valence-electron chi connectivity index (χ3n) is 5.42. The van der Waals surface area contributed by atoms with E-state index in [0.29, 0.717) is 28.4 Å². The molecule has 2 N–H and O–H groups in total. The van der Waals surface area contributed by atoms with Crippen LogP contribution < -0.4 is 20.1 Å². The summed E-state index contributed by atoms with van der Waals surface area (Å²) in [6, 6.07) is 26.2. The molecule has 4 aromatic carbocycles. The van der Waals surface area contributed by atoms with Crippen LogP contribution >= 0.6 is 11.8 Å². The Labute approximate surface area is 208 Å². The monoisotopic (exact) mass is 486 g/mol. The van der Waals surface area contributed by atoms with Gasteiger partial charge in [0.1, 0.15) is 11.5 Å². The molecule has 0 heterocycles. The van der Waals surface area contributed by atoms with Crippen LogP contribution in [0.15, 0.2) is 89.8 Å². The summed E-state index contributed by atoms with van der Waals surface area (Å²) in [7, 11) is 3.12. The van der Waals surface area contributed by atoms with Crippen LogP contribution in [0.25, 0.3) is 10.8 Å². The standard InChI is InChI=1S/C28H26N2O4S/c1-18(27(31)30-23-15-24(33-2)17-25(16-23)34-3)35-26-12-10-22(11-13-26)29-28(32)21-9-8-19-6-4-5-7-20(19)14-21/h4-18H,1-3H3,(H,29,32)(H,30,31). The molecule has 0 saturated carbocycles. The predicted octanol–water partition coefficient (Wildman–Crippen LogP) is 6.23. The summed E-state index contributed by atoms with van der Waals surface area (Å²) in [4.78, 5) is 26.3. The Morgan fingerprint density at radius 3 is 2.06 bits per heavy atom. The molecule has 0 spiro atoms. The van der Waals surface area contributed by atoms with Crippen LogP contribution in [0.2, 0.25) is 0 Å². The molecule has 35 heavy (non-hydrogen) atoms. The van der Waals surface area contributed by atoms with E-state index in [2.05, 4.69) is 10.6 Å². The highest BCUT2D eigenvalue weighted by Gasteiger charge is 2.16. The van der Waals surface area contributed by atoms with E-state index in [-0.39, 0.29) is 17.1 Å². The van der Waals surface area contributed by atoms with Gasteiger partial charge in [-0.25, -0.2) is 0 Å². The van der Waals surface area contributed by atoms with Gasteiger partial charge < -0.3 is 20.1 Å². The van der Waals surface area contributed by atoms with E-state index in [9.17, 15) is 9.59 Å². The number of nitrogens with one attached hydrogen (secondary N) is 2. The second-order valence-corrected chi connectivity index (χ2v) is 9.31. The van der Waals surface area contributed by atoms with Crippen molar-refractivity contribution in [2.24, 2.45) is 0 Å². The molecule has 4 rings (SSSR count). The number of benzene rings is 4.